The highest BCUT2D eigenvalue weighted by Gasteiger charge is 2.02. The first-order chi connectivity index (χ1) is 6.31. The van der Waals surface area contributed by atoms with Crippen molar-refractivity contribution < 1.29 is 4.74 Å². The van der Waals surface area contributed by atoms with Crippen LogP contribution in [0.3, 0.4) is 0 Å². The molecule has 0 spiro atoms. The number of methoxy groups -OCH3 is 1. The lowest BCUT2D eigenvalue weighted by Crippen LogP contribution is -1.89. The summed E-state index contributed by atoms with van der Waals surface area (Å²) in [6.45, 7) is 0. The summed E-state index contributed by atoms with van der Waals surface area (Å²) in [7, 11) is 1.68. The van der Waals surface area contributed by atoms with Gasteiger partial charge in [0.15, 0.2) is 0 Å². The van der Waals surface area contributed by atoms with E-state index in [-0.39, 0.29) is 0 Å². The minimum Gasteiger partial charge on any atom is -0.496 e. The van der Waals surface area contributed by atoms with Crippen LogP contribution in [0.1, 0.15) is 0 Å². The SMILES string of the molecule is COc1cc(I)nc2ccccc12. The fourth-order valence-corrected chi connectivity index (χ4v) is 1.82. The first kappa shape index (κ1) is 8.74. The lowest BCUT2D eigenvalue weighted by molar-refractivity contribution is 0.419. The van der Waals surface area contributed by atoms with Crippen LogP contribution in [0.25, 0.3) is 10.9 Å². The Hall–Kier alpha value is -0.840. The predicted molar refractivity (Wildman–Crippen MR) is 61.0 cm³/mol. The molecule has 3 heteroatoms. The summed E-state index contributed by atoms with van der Waals surface area (Å²) in [5.74, 6) is 0.884. The van der Waals surface area contributed by atoms with Gasteiger partial charge in [0.1, 0.15) is 9.45 Å². The van der Waals surface area contributed by atoms with Crippen LogP contribution in [0, 0.1) is 3.70 Å². The Morgan fingerprint density at radius 3 is 2.85 bits per heavy atom. The number of nitrogens with zero attached hydrogens (tertiary/aromatic N) is 1. The maximum Gasteiger partial charge on any atom is 0.130 e. The summed E-state index contributed by atoms with van der Waals surface area (Å²) in [5.41, 5.74) is 0.978. The number of ether oxygens (including phenoxy) is 1. The fourth-order valence-electron chi connectivity index (χ4n) is 1.28. The molecule has 0 bridgehead atoms. The molecule has 0 unspecified atom stereocenters. The number of halogens is 1. The first-order valence-electron chi connectivity index (χ1n) is 3.90. The second kappa shape index (κ2) is 3.49. The smallest absolute Gasteiger partial charge is 0.130 e. The average Bonchev–Trinajstić information content (AvgIpc) is 2.16. The van der Waals surface area contributed by atoms with Crippen molar-refractivity contribution in [2.45, 2.75) is 0 Å². The number of pyridine rings is 1. The molecule has 0 N–H and O–H groups in total. The van der Waals surface area contributed by atoms with Gasteiger partial charge >= 0.3 is 0 Å². The summed E-state index contributed by atoms with van der Waals surface area (Å²) in [6, 6.07) is 9.89. The van der Waals surface area contributed by atoms with Crippen LogP contribution in [0.4, 0.5) is 0 Å². The van der Waals surface area contributed by atoms with E-state index in [9.17, 15) is 0 Å². The topological polar surface area (TPSA) is 22.1 Å². The van der Waals surface area contributed by atoms with Crippen molar-refractivity contribution in [3.63, 3.8) is 0 Å². The number of hydrogen-bond acceptors (Lipinski definition) is 2. The summed E-state index contributed by atoms with van der Waals surface area (Å²) in [5, 5.41) is 1.06. The number of aromatic nitrogens is 1. The van der Waals surface area contributed by atoms with Gasteiger partial charge in [0.2, 0.25) is 0 Å². The van der Waals surface area contributed by atoms with Gasteiger partial charge < -0.3 is 4.74 Å². The minimum absolute atomic E-state index is 0.884. The van der Waals surface area contributed by atoms with Crippen molar-refractivity contribution in [3.05, 3.63) is 34.0 Å². The Morgan fingerprint density at radius 1 is 1.31 bits per heavy atom. The molecule has 2 aromatic rings. The van der Waals surface area contributed by atoms with E-state index >= 15 is 0 Å². The van der Waals surface area contributed by atoms with Crippen LogP contribution in [-0.2, 0) is 0 Å². The molecule has 13 heavy (non-hydrogen) atoms. The molecular weight excluding hydrogens is 277 g/mol. The van der Waals surface area contributed by atoms with Crippen LogP contribution >= 0.6 is 22.6 Å². The Morgan fingerprint density at radius 2 is 2.08 bits per heavy atom. The zero-order valence-corrected chi connectivity index (χ0v) is 9.28. The zero-order chi connectivity index (χ0) is 9.26. The zero-order valence-electron chi connectivity index (χ0n) is 7.12. The van der Waals surface area contributed by atoms with E-state index in [0.717, 1.165) is 20.4 Å². The molecular formula is C10H8INO. The lowest BCUT2D eigenvalue weighted by Gasteiger charge is -2.04. The highest BCUT2D eigenvalue weighted by molar-refractivity contribution is 14.1. The lowest BCUT2D eigenvalue weighted by atomic mass is 10.2. The van der Waals surface area contributed by atoms with Gasteiger partial charge in [-0.25, -0.2) is 4.98 Å². The molecule has 0 saturated carbocycles. The Balaban J connectivity index is 2.81. The Kier molecular flexibility index (Phi) is 2.35. The van der Waals surface area contributed by atoms with Crippen LogP contribution in [-0.4, -0.2) is 12.1 Å². The molecule has 2 nitrogen and oxygen atoms in total. The van der Waals surface area contributed by atoms with Crippen molar-refractivity contribution in [2.24, 2.45) is 0 Å². The van der Waals surface area contributed by atoms with Crippen molar-refractivity contribution in [1.82, 2.24) is 4.98 Å². The molecule has 0 aliphatic carbocycles. The third kappa shape index (κ3) is 1.60. The standard InChI is InChI=1S/C10H8INO/c1-13-9-6-10(11)12-8-5-3-2-4-7(8)9/h2-6H,1H3. The van der Waals surface area contributed by atoms with E-state index in [1.54, 1.807) is 7.11 Å². The molecule has 1 aromatic carbocycles. The van der Waals surface area contributed by atoms with Crippen LogP contribution < -0.4 is 4.74 Å². The predicted octanol–water partition coefficient (Wildman–Crippen LogP) is 2.85. The van der Waals surface area contributed by atoms with Crippen molar-refractivity contribution >= 4 is 33.5 Å². The monoisotopic (exact) mass is 285 g/mol. The second-order valence-electron chi connectivity index (χ2n) is 2.66. The number of para-hydroxylation sites is 1. The van der Waals surface area contributed by atoms with Crippen molar-refractivity contribution in [3.8, 4) is 5.75 Å². The molecule has 0 radical (unpaired) electrons. The summed E-state index contributed by atoms with van der Waals surface area (Å²) >= 11 is 2.19. The first-order valence-corrected chi connectivity index (χ1v) is 4.98. The molecule has 0 amide bonds. The maximum atomic E-state index is 5.26. The highest BCUT2D eigenvalue weighted by Crippen LogP contribution is 2.25. The van der Waals surface area contributed by atoms with Gasteiger partial charge in [0.25, 0.3) is 0 Å². The van der Waals surface area contributed by atoms with Gasteiger partial charge in [-0.3, -0.25) is 0 Å². The van der Waals surface area contributed by atoms with Crippen molar-refractivity contribution in [2.75, 3.05) is 7.11 Å². The number of fused-ring (bicyclic) bond motifs is 1. The minimum atomic E-state index is 0.884. The van der Waals surface area contributed by atoms with Crippen molar-refractivity contribution in [1.29, 1.82) is 0 Å². The molecule has 0 aliphatic heterocycles. The summed E-state index contributed by atoms with van der Waals surface area (Å²) in [4.78, 5) is 4.39. The third-order valence-electron chi connectivity index (χ3n) is 1.87. The van der Waals surface area contributed by atoms with Gasteiger partial charge in [-0.15, -0.1) is 0 Å². The third-order valence-corrected chi connectivity index (χ3v) is 2.42. The van der Waals surface area contributed by atoms with E-state index in [1.807, 2.05) is 30.3 Å². The highest BCUT2D eigenvalue weighted by atomic mass is 127. The van der Waals surface area contributed by atoms with Gasteiger partial charge in [0, 0.05) is 11.5 Å². The average molecular weight is 285 g/mol. The summed E-state index contributed by atoms with van der Waals surface area (Å²) < 4.78 is 6.22. The largest absolute Gasteiger partial charge is 0.496 e. The quantitative estimate of drug-likeness (QED) is 0.593. The van der Waals surface area contributed by atoms with Gasteiger partial charge in [-0.1, -0.05) is 12.1 Å². The van der Waals surface area contributed by atoms with Gasteiger partial charge in [-0.05, 0) is 34.7 Å². The van der Waals surface area contributed by atoms with Crippen LogP contribution in [0.5, 0.6) is 5.75 Å². The maximum absolute atomic E-state index is 5.26. The van der Waals surface area contributed by atoms with Gasteiger partial charge in [0.05, 0.1) is 12.6 Å². The Bertz CT molecular complexity index is 442. The molecule has 0 atom stereocenters. The van der Waals surface area contributed by atoms with Crippen LogP contribution in [0.15, 0.2) is 30.3 Å². The summed E-state index contributed by atoms with van der Waals surface area (Å²) in [6.07, 6.45) is 0. The normalized spacial score (nSPS) is 10.3. The Labute approximate surface area is 90.1 Å². The molecule has 1 aromatic heterocycles. The molecule has 1 heterocycles. The fraction of sp³-hybridized carbons (Fsp3) is 0.100. The van der Waals surface area contributed by atoms with E-state index in [1.165, 1.54) is 0 Å². The molecule has 66 valence electrons. The van der Waals surface area contributed by atoms with E-state index in [4.69, 9.17) is 4.74 Å². The second-order valence-corrected chi connectivity index (χ2v) is 3.77. The number of rotatable bonds is 1. The van der Waals surface area contributed by atoms with E-state index < -0.39 is 0 Å². The number of benzene rings is 1. The van der Waals surface area contributed by atoms with Gasteiger partial charge in [-0.2, -0.15) is 0 Å². The van der Waals surface area contributed by atoms with Crippen LogP contribution in [0.2, 0.25) is 0 Å². The van der Waals surface area contributed by atoms with E-state index in [0.29, 0.717) is 0 Å². The molecule has 0 aliphatic rings. The molecule has 2 rings (SSSR count). The molecule has 0 fully saturated rings. The number of hydrogen-bond donors (Lipinski definition) is 0. The molecule has 0 saturated heterocycles. The van der Waals surface area contributed by atoms with E-state index in [2.05, 4.69) is 27.6 Å².